The Morgan fingerprint density at radius 3 is 2.29 bits per heavy atom. The fourth-order valence-electron chi connectivity index (χ4n) is 2.50. The van der Waals surface area contributed by atoms with Crippen LogP contribution in [0.2, 0.25) is 0 Å². The van der Waals surface area contributed by atoms with Crippen molar-refractivity contribution in [3.8, 4) is 0 Å². The van der Waals surface area contributed by atoms with Gasteiger partial charge in [-0.15, -0.1) is 0 Å². The Balaban J connectivity index is 2.21. The van der Waals surface area contributed by atoms with Gasteiger partial charge in [-0.2, -0.15) is 0 Å². The van der Waals surface area contributed by atoms with Crippen LogP contribution in [-0.2, 0) is 4.79 Å². The molecule has 1 aliphatic rings. The fraction of sp³-hybridized carbons (Fsp3) is 0.917. The quantitative estimate of drug-likeness (QED) is 0.740. The number of carbonyl (C=O) groups is 1. The maximum absolute atomic E-state index is 10.9. The Morgan fingerprint density at radius 1 is 1.29 bits per heavy atom. The minimum atomic E-state index is 0.123. The molecule has 0 aromatic carbocycles. The third kappa shape index (κ3) is 4.12. The molecular formula is C12H23NO. The smallest absolute Gasteiger partial charge is 0.217 e. The fourth-order valence-corrected chi connectivity index (χ4v) is 2.50. The van der Waals surface area contributed by atoms with Crippen LogP contribution < -0.4 is 5.32 Å². The first-order chi connectivity index (χ1) is 6.58. The number of hydrogen-bond acceptors (Lipinski definition) is 1. The molecule has 1 fully saturated rings. The number of rotatable bonds is 3. The van der Waals surface area contributed by atoms with E-state index >= 15 is 0 Å². The molecule has 0 unspecified atom stereocenters. The first-order valence-corrected chi connectivity index (χ1v) is 5.85. The summed E-state index contributed by atoms with van der Waals surface area (Å²) in [6.45, 7) is 6.19. The SMILES string of the molecule is CC(=O)NC1CCC(CC(C)C)CC1. The summed E-state index contributed by atoms with van der Waals surface area (Å²) in [4.78, 5) is 10.9. The van der Waals surface area contributed by atoms with Crippen LogP contribution in [0.15, 0.2) is 0 Å². The van der Waals surface area contributed by atoms with Crippen LogP contribution in [0.1, 0.15) is 52.9 Å². The van der Waals surface area contributed by atoms with Gasteiger partial charge in [0.1, 0.15) is 0 Å². The van der Waals surface area contributed by atoms with Gasteiger partial charge in [-0.3, -0.25) is 4.79 Å². The zero-order valence-corrected chi connectivity index (χ0v) is 9.68. The van der Waals surface area contributed by atoms with Gasteiger partial charge in [-0.05, 0) is 43.9 Å². The normalized spacial score (nSPS) is 27.7. The van der Waals surface area contributed by atoms with E-state index in [4.69, 9.17) is 0 Å². The molecule has 1 aliphatic carbocycles. The molecule has 1 saturated carbocycles. The first kappa shape index (κ1) is 11.5. The summed E-state index contributed by atoms with van der Waals surface area (Å²) in [7, 11) is 0. The summed E-state index contributed by atoms with van der Waals surface area (Å²) in [6, 6.07) is 0.455. The lowest BCUT2D eigenvalue weighted by Gasteiger charge is -2.29. The Kier molecular flexibility index (Phi) is 4.43. The third-order valence-electron chi connectivity index (χ3n) is 3.06. The molecule has 82 valence electrons. The van der Waals surface area contributed by atoms with Crippen LogP contribution in [0.4, 0.5) is 0 Å². The lowest BCUT2D eigenvalue weighted by atomic mass is 9.81. The Morgan fingerprint density at radius 2 is 1.86 bits per heavy atom. The van der Waals surface area contributed by atoms with E-state index in [2.05, 4.69) is 19.2 Å². The number of hydrogen-bond donors (Lipinski definition) is 1. The molecule has 2 heteroatoms. The van der Waals surface area contributed by atoms with Gasteiger partial charge < -0.3 is 5.32 Å². The topological polar surface area (TPSA) is 29.1 Å². The van der Waals surface area contributed by atoms with E-state index in [1.165, 1.54) is 32.1 Å². The van der Waals surface area contributed by atoms with Crippen LogP contribution in [0, 0.1) is 11.8 Å². The van der Waals surface area contributed by atoms with Crippen molar-refractivity contribution in [3.05, 3.63) is 0 Å². The standard InChI is InChI=1S/C12H23NO/c1-9(2)8-11-4-6-12(7-5-11)13-10(3)14/h9,11-12H,4-8H2,1-3H3,(H,13,14). The Labute approximate surface area is 87.5 Å². The molecule has 0 atom stereocenters. The van der Waals surface area contributed by atoms with Gasteiger partial charge in [-0.1, -0.05) is 13.8 Å². The molecule has 2 nitrogen and oxygen atoms in total. The van der Waals surface area contributed by atoms with Crippen LogP contribution in [0.5, 0.6) is 0 Å². The van der Waals surface area contributed by atoms with Crippen molar-refractivity contribution in [1.29, 1.82) is 0 Å². The lowest BCUT2D eigenvalue weighted by molar-refractivity contribution is -0.119. The van der Waals surface area contributed by atoms with Gasteiger partial charge in [0.2, 0.25) is 5.91 Å². The van der Waals surface area contributed by atoms with E-state index in [9.17, 15) is 4.79 Å². The predicted molar refractivity (Wildman–Crippen MR) is 59.0 cm³/mol. The van der Waals surface area contributed by atoms with E-state index in [0.717, 1.165) is 11.8 Å². The van der Waals surface area contributed by atoms with E-state index in [1.807, 2.05) is 0 Å². The molecule has 0 saturated heterocycles. The molecule has 1 rings (SSSR count). The van der Waals surface area contributed by atoms with E-state index in [0.29, 0.717) is 6.04 Å². The molecule has 0 aromatic heterocycles. The molecule has 0 bridgehead atoms. The number of carbonyl (C=O) groups excluding carboxylic acids is 1. The molecule has 0 aliphatic heterocycles. The minimum Gasteiger partial charge on any atom is -0.354 e. The summed E-state index contributed by atoms with van der Waals surface area (Å²) in [5, 5.41) is 3.02. The average Bonchev–Trinajstić information content (AvgIpc) is 2.06. The summed E-state index contributed by atoms with van der Waals surface area (Å²) in [5.41, 5.74) is 0. The van der Waals surface area contributed by atoms with E-state index in [1.54, 1.807) is 6.92 Å². The number of nitrogens with one attached hydrogen (secondary N) is 1. The molecule has 14 heavy (non-hydrogen) atoms. The highest BCUT2D eigenvalue weighted by atomic mass is 16.1. The van der Waals surface area contributed by atoms with Crippen molar-refractivity contribution in [2.45, 2.75) is 58.9 Å². The molecule has 0 radical (unpaired) electrons. The van der Waals surface area contributed by atoms with Crippen molar-refractivity contribution in [2.75, 3.05) is 0 Å². The summed E-state index contributed by atoms with van der Waals surface area (Å²) in [5.74, 6) is 1.84. The van der Waals surface area contributed by atoms with Crippen LogP contribution in [0.25, 0.3) is 0 Å². The highest BCUT2D eigenvalue weighted by Crippen LogP contribution is 2.29. The summed E-state index contributed by atoms with van der Waals surface area (Å²) < 4.78 is 0. The van der Waals surface area contributed by atoms with Gasteiger partial charge in [0.25, 0.3) is 0 Å². The first-order valence-electron chi connectivity index (χ1n) is 5.85. The average molecular weight is 197 g/mol. The molecule has 0 aromatic rings. The second-order valence-corrected chi connectivity index (χ2v) is 5.05. The van der Waals surface area contributed by atoms with Gasteiger partial charge in [0, 0.05) is 13.0 Å². The molecular weight excluding hydrogens is 174 g/mol. The summed E-state index contributed by atoms with van der Waals surface area (Å²) >= 11 is 0. The zero-order chi connectivity index (χ0) is 10.6. The lowest BCUT2D eigenvalue weighted by Crippen LogP contribution is -2.36. The Hall–Kier alpha value is -0.530. The zero-order valence-electron chi connectivity index (χ0n) is 9.68. The maximum atomic E-state index is 10.9. The third-order valence-corrected chi connectivity index (χ3v) is 3.06. The van der Waals surface area contributed by atoms with E-state index in [-0.39, 0.29) is 5.91 Å². The second kappa shape index (κ2) is 5.38. The molecule has 1 amide bonds. The largest absolute Gasteiger partial charge is 0.354 e. The maximum Gasteiger partial charge on any atom is 0.217 e. The highest BCUT2D eigenvalue weighted by Gasteiger charge is 2.21. The van der Waals surface area contributed by atoms with Crippen LogP contribution in [0.3, 0.4) is 0 Å². The van der Waals surface area contributed by atoms with Gasteiger partial charge >= 0.3 is 0 Å². The Bertz CT molecular complexity index is 181. The second-order valence-electron chi connectivity index (χ2n) is 5.05. The highest BCUT2D eigenvalue weighted by molar-refractivity contribution is 5.73. The van der Waals surface area contributed by atoms with Crippen molar-refractivity contribution in [3.63, 3.8) is 0 Å². The van der Waals surface area contributed by atoms with Gasteiger partial charge in [0.15, 0.2) is 0 Å². The summed E-state index contributed by atoms with van der Waals surface area (Å²) in [6.07, 6.45) is 6.30. The molecule has 0 heterocycles. The molecule has 0 spiro atoms. The van der Waals surface area contributed by atoms with Crippen LogP contribution >= 0.6 is 0 Å². The van der Waals surface area contributed by atoms with Crippen molar-refractivity contribution in [2.24, 2.45) is 11.8 Å². The van der Waals surface area contributed by atoms with Crippen molar-refractivity contribution < 1.29 is 4.79 Å². The minimum absolute atomic E-state index is 0.123. The number of amides is 1. The van der Waals surface area contributed by atoms with Gasteiger partial charge in [0.05, 0.1) is 0 Å². The van der Waals surface area contributed by atoms with Crippen molar-refractivity contribution in [1.82, 2.24) is 5.32 Å². The van der Waals surface area contributed by atoms with Crippen LogP contribution in [-0.4, -0.2) is 11.9 Å². The predicted octanol–water partition coefficient (Wildman–Crippen LogP) is 2.73. The van der Waals surface area contributed by atoms with E-state index < -0.39 is 0 Å². The van der Waals surface area contributed by atoms with Crippen molar-refractivity contribution >= 4 is 5.91 Å². The van der Waals surface area contributed by atoms with Gasteiger partial charge in [-0.25, -0.2) is 0 Å². The molecule has 1 N–H and O–H groups in total. The monoisotopic (exact) mass is 197 g/mol.